The quantitative estimate of drug-likeness (QED) is 0.223. The number of furan rings is 1. The van der Waals surface area contributed by atoms with Gasteiger partial charge in [0.1, 0.15) is 11.5 Å². The molecule has 0 spiro atoms. The smallest absolute Gasteiger partial charge is 0.191 e. The Morgan fingerprint density at radius 1 is 1.09 bits per heavy atom. The molecule has 0 atom stereocenters. The van der Waals surface area contributed by atoms with Gasteiger partial charge in [-0.2, -0.15) is 0 Å². The summed E-state index contributed by atoms with van der Waals surface area (Å²) in [6.45, 7) is 4.43. The number of ether oxygens (including phenoxy) is 1. The van der Waals surface area contributed by atoms with E-state index in [9.17, 15) is 0 Å². The maximum Gasteiger partial charge on any atom is 0.191 e. The molecular weight excluding hydrogens is 541 g/mol. The van der Waals surface area contributed by atoms with Gasteiger partial charge in [0.2, 0.25) is 0 Å². The number of hydrogen-bond acceptors (Lipinski definition) is 5. The zero-order chi connectivity index (χ0) is 22.7. The molecule has 7 nitrogen and oxygen atoms in total. The lowest BCUT2D eigenvalue weighted by atomic mass is 9.96. The SMILES string of the molecule is COc1ccc(CN=C(NCCc2ccco2)NCC2CCN(c3ccncc3)CC2)cc1.I. The summed E-state index contributed by atoms with van der Waals surface area (Å²) < 4.78 is 10.7. The van der Waals surface area contributed by atoms with Crippen molar-refractivity contribution in [3.8, 4) is 5.75 Å². The molecule has 34 heavy (non-hydrogen) atoms. The van der Waals surface area contributed by atoms with Crippen molar-refractivity contribution >= 4 is 35.6 Å². The Kier molecular flexibility index (Phi) is 10.5. The fraction of sp³-hybridized carbons (Fsp3) is 0.385. The Labute approximate surface area is 219 Å². The number of pyridine rings is 1. The molecule has 2 aromatic heterocycles. The standard InChI is InChI=1S/C26H33N5O2.HI/c1-32-24-6-4-21(5-7-24)19-29-26(28-15-10-25-3-2-18-33-25)30-20-22-11-16-31(17-12-22)23-8-13-27-14-9-23;/h2-9,13-14,18,22H,10-12,15-17,19-20H2,1H3,(H2,28,29,30);1H. The number of rotatable bonds is 9. The number of hydrogen-bond donors (Lipinski definition) is 2. The number of halogens is 1. The number of piperidine rings is 1. The fourth-order valence-corrected chi connectivity index (χ4v) is 4.03. The van der Waals surface area contributed by atoms with Crippen LogP contribution in [0, 0.1) is 5.92 Å². The summed E-state index contributed by atoms with van der Waals surface area (Å²) >= 11 is 0. The molecule has 1 fully saturated rings. The summed E-state index contributed by atoms with van der Waals surface area (Å²) in [5.41, 5.74) is 2.41. The molecule has 0 radical (unpaired) electrons. The summed E-state index contributed by atoms with van der Waals surface area (Å²) in [7, 11) is 1.68. The van der Waals surface area contributed by atoms with E-state index in [0.29, 0.717) is 12.5 Å². The third-order valence-corrected chi connectivity index (χ3v) is 6.02. The van der Waals surface area contributed by atoms with E-state index in [0.717, 1.165) is 68.5 Å². The predicted molar refractivity (Wildman–Crippen MR) is 147 cm³/mol. The summed E-state index contributed by atoms with van der Waals surface area (Å²) in [6, 6.07) is 16.1. The first-order chi connectivity index (χ1) is 16.3. The van der Waals surface area contributed by atoms with Crippen molar-refractivity contribution in [3.63, 3.8) is 0 Å². The largest absolute Gasteiger partial charge is 0.497 e. The number of guanidine groups is 1. The number of anilines is 1. The van der Waals surface area contributed by atoms with E-state index < -0.39 is 0 Å². The average Bonchev–Trinajstić information content (AvgIpc) is 3.40. The second-order valence-electron chi connectivity index (χ2n) is 8.29. The van der Waals surface area contributed by atoms with Crippen LogP contribution in [0.25, 0.3) is 0 Å². The normalized spacial score (nSPS) is 14.4. The van der Waals surface area contributed by atoms with E-state index in [4.69, 9.17) is 14.1 Å². The highest BCUT2D eigenvalue weighted by Crippen LogP contribution is 2.22. The van der Waals surface area contributed by atoms with Gasteiger partial charge in [-0.3, -0.25) is 4.98 Å². The van der Waals surface area contributed by atoms with Crippen LogP contribution >= 0.6 is 24.0 Å². The molecule has 0 aliphatic carbocycles. The van der Waals surface area contributed by atoms with Crippen molar-refractivity contribution < 1.29 is 9.15 Å². The van der Waals surface area contributed by atoms with Crippen LogP contribution in [0.1, 0.15) is 24.2 Å². The highest BCUT2D eigenvalue weighted by molar-refractivity contribution is 14.0. The zero-order valence-electron chi connectivity index (χ0n) is 19.7. The zero-order valence-corrected chi connectivity index (χ0v) is 22.0. The summed E-state index contributed by atoms with van der Waals surface area (Å²) in [4.78, 5) is 11.4. The van der Waals surface area contributed by atoms with Crippen molar-refractivity contribution in [3.05, 3.63) is 78.5 Å². The molecule has 1 aromatic carbocycles. The molecule has 3 heterocycles. The van der Waals surface area contributed by atoms with Gasteiger partial charge >= 0.3 is 0 Å². The van der Waals surface area contributed by atoms with Crippen LogP contribution in [-0.2, 0) is 13.0 Å². The highest BCUT2D eigenvalue weighted by Gasteiger charge is 2.19. The summed E-state index contributed by atoms with van der Waals surface area (Å²) in [5, 5.41) is 7.03. The minimum atomic E-state index is 0. The molecule has 3 aromatic rings. The summed E-state index contributed by atoms with van der Waals surface area (Å²) in [6.07, 6.45) is 8.58. The molecular formula is C26H34IN5O2. The van der Waals surface area contributed by atoms with E-state index in [1.807, 2.05) is 36.7 Å². The lowest BCUT2D eigenvalue weighted by Gasteiger charge is -2.33. The number of methoxy groups -OCH3 is 1. The Bertz CT molecular complexity index is 972. The van der Waals surface area contributed by atoms with E-state index in [2.05, 4.69) is 44.8 Å². The minimum absolute atomic E-state index is 0. The molecule has 182 valence electrons. The van der Waals surface area contributed by atoms with Crippen LogP contribution in [0.2, 0.25) is 0 Å². The first-order valence-electron chi connectivity index (χ1n) is 11.6. The number of benzene rings is 1. The maximum atomic E-state index is 5.45. The third kappa shape index (κ3) is 7.93. The molecule has 4 rings (SSSR count). The molecule has 0 amide bonds. The fourth-order valence-electron chi connectivity index (χ4n) is 4.03. The average molecular weight is 575 g/mol. The lowest BCUT2D eigenvalue weighted by Crippen LogP contribution is -2.43. The Morgan fingerprint density at radius 2 is 1.85 bits per heavy atom. The second-order valence-corrected chi connectivity index (χ2v) is 8.29. The van der Waals surface area contributed by atoms with Gasteiger partial charge in [0.25, 0.3) is 0 Å². The molecule has 1 aliphatic rings. The Morgan fingerprint density at radius 3 is 2.53 bits per heavy atom. The second kappa shape index (κ2) is 13.8. The van der Waals surface area contributed by atoms with Crippen LogP contribution in [0.3, 0.4) is 0 Å². The summed E-state index contributed by atoms with van der Waals surface area (Å²) in [5.74, 6) is 3.30. The lowest BCUT2D eigenvalue weighted by molar-refractivity contribution is 0.400. The van der Waals surface area contributed by atoms with Crippen molar-refractivity contribution in [2.75, 3.05) is 38.2 Å². The van der Waals surface area contributed by atoms with Gasteiger partial charge in [-0.15, -0.1) is 24.0 Å². The third-order valence-electron chi connectivity index (χ3n) is 6.02. The number of aliphatic imine (C=N–C) groups is 1. The van der Waals surface area contributed by atoms with Crippen LogP contribution in [0.5, 0.6) is 5.75 Å². The number of nitrogens with one attached hydrogen (secondary N) is 2. The molecule has 8 heteroatoms. The number of aromatic nitrogens is 1. The van der Waals surface area contributed by atoms with Gasteiger partial charge in [-0.25, -0.2) is 4.99 Å². The minimum Gasteiger partial charge on any atom is -0.497 e. The topological polar surface area (TPSA) is 74.9 Å². The maximum absolute atomic E-state index is 5.45. The van der Waals surface area contributed by atoms with Crippen molar-refractivity contribution in [2.24, 2.45) is 10.9 Å². The molecule has 2 N–H and O–H groups in total. The monoisotopic (exact) mass is 575 g/mol. The first kappa shape index (κ1) is 25.9. The van der Waals surface area contributed by atoms with Crippen molar-refractivity contribution in [2.45, 2.75) is 25.8 Å². The van der Waals surface area contributed by atoms with Crippen LogP contribution in [0.15, 0.2) is 76.6 Å². The van der Waals surface area contributed by atoms with Gasteiger partial charge in [-0.1, -0.05) is 12.1 Å². The van der Waals surface area contributed by atoms with Crippen molar-refractivity contribution in [1.29, 1.82) is 0 Å². The van der Waals surface area contributed by atoms with Crippen molar-refractivity contribution in [1.82, 2.24) is 15.6 Å². The van der Waals surface area contributed by atoms with Gasteiger partial charge in [0.15, 0.2) is 5.96 Å². The number of nitrogens with zero attached hydrogens (tertiary/aromatic N) is 3. The van der Waals surface area contributed by atoms with Gasteiger partial charge < -0.3 is 24.7 Å². The van der Waals surface area contributed by atoms with Crippen LogP contribution in [0.4, 0.5) is 5.69 Å². The van der Waals surface area contributed by atoms with E-state index in [-0.39, 0.29) is 24.0 Å². The van der Waals surface area contributed by atoms with E-state index >= 15 is 0 Å². The molecule has 1 aliphatic heterocycles. The Balaban J connectivity index is 0.00000324. The first-order valence-corrected chi connectivity index (χ1v) is 11.6. The molecule has 0 bridgehead atoms. The van der Waals surface area contributed by atoms with Gasteiger partial charge in [0.05, 0.1) is 19.9 Å². The van der Waals surface area contributed by atoms with Gasteiger partial charge in [-0.05, 0) is 60.7 Å². The molecule has 0 unspecified atom stereocenters. The van der Waals surface area contributed by atoms with Crippen LogP contribution < -0.4 is 20.3 Å². The highest BCUT2D eigenvalue weighted by atomic mass is 127. The molecule has 1 saturated heterocycles. The predicted octanol–water partition coefficient (Wildman–Crippen LogP) is 4.50. The Hall–Kier alpha value is -2.75. The van der Waals surface area contributed by atoms with Crippen LogP contribution in [-0.4, -0.2) is 44.2 Å². The van der Waals surface area contributed by atoms with E-state index in [1.54, 1.807) is 13.4 Å². The molecule has 0 saturated carbocycles. The van der Waals surface area contributed by atoms with Gasteiger partial charge in [0, 0.05) is 50.7 Å². The van der Waals surface area contributed by atoms with E-state index in [1.165, 1.54) is 5.69 Å².